The van der Waals surface area contributed by atoms with Gasteiger partial charge in [0, 0.05) is 16.6 Å². The number of hydrogen-bond donors (Lipinski definition) is 1. The Kier molecular flexibility index (Phi) is 2.58. The molecule has 0 radical (unpaired) electrons. The molecule has 1 N–H and O–H groups in total. The molecule has 0 fully saturated rings. The van der Waals surface area contributed by atoms with E-state index in [-0.39, 0.29) is 5.56 Å². The van der Waals surface area contributed by atoms with E-state index < -0.39 is 10.6 Å². The molecule has 0 aliphatic carbocycles. The number of aromatic nitrogens is 1. The van der Waals surface area contributed by atoms with Gasteiger partial charge in [-0.2, -0.15) is 8.78 Å². The van der Waals surface area contributed by atoms with Gasteiger partial charge in [-0.15, -0.1) is 0 Å². The van der Waals surface area contributed by atoms with Gasteiger partial charge in [-0.05, 0) is 28.9 Å². The standard InChI is InChI=1S/C11H8BrF2NO/c1-6-9(10(16)11(12,13)14)7-4-2-3-5-8(7)15-6/h2-5,15H,1H3. The Morgan fingerprint density at radius 1 is 1.38 bits per heavy atom. The quantitative estimate of drug-likeness (QED) is 0.664. The first-order chi connectivity index (χ1) is 7.41. The van der Waals surface area contributed by atoms with Crippen molar-refractivity contribution < 1.29 is 13.6 Å². The van der Waals surface area contributed by atoms with Gasteiger partial charge in [-0.25, -0.2) is 0 Å². The van der Waals surface area contributed by atoms with E-state index in [1.807, 2.05) is 0 Å². The molecule has 1 heterocycles. The van der Waals surface area contributed by atoms with E-state index in [1.165, 1.54) is 0 Å². The summed E-state index contributed by atoms with van der Waals surface area (Å²) in [5.74, 6) is -1.22. The van der Waals surface area contributed by atoms with Crippen molar-refractivity contribution in [1.29, 1.82) is 0 Å². The highest BCUT2D eigenvalue weighted by Crippen LogP contribution is 2.32. The molecule has 0 atom stereocenters. The number of fused-ring (bicyclic) bond motifs is 1. The van der Waals surface area contributed by atoms with Crippen molar-refractivity contribution >= 4 is 32.6 Å². The fourth-order valence-electron chi connectivity index (χ4n) is 1.71. The average Bonchev–Trinajstić information content (AvgIpc) is 2.51. The molecule has 5 heteroatoms. The second-order valence-corrected chi connectivity index (χ2v) is 4.49. The molecule has 0 aliphatic heterocycles. The lowest BCUT2D eigenvalue weighted by Crippen LogP contribution is -2.21. The number of aryl methyl sites for hydroxylation is 1. The van der Waals surface area contributed by atoms with Gasteiger partial charge in [-0.1, -0.05) is 18.2 Å². The van der Waals surface area contributed by atoms with Crippen LogP contribution in [0.3, 0.4) is 0 Å². The maximum absolute atomic E-state index is 12.9. The van der Waals surface area contributed by atoms with Gasteiger partial charge in [0.15, 0.2) is 0 Å². The molecule has 84 valence electrons. The Labute approximate surface area is 98.8 Å². The maximum Gasteiger partial charge on any atom is 0.363 e. The van der Waals surface area contributed by atoms with Crippen LogP contribution in [0.5, 0.6) is 0 Å². The van der Waals surface area contributed by atoms with E-state index in [2.05, 4.69) is 20.9 Å². The van der Waals surface area contributed by atoms with E-state index in [4.69, 9.17) is 0 Å². The molecule has 2 aromatic rings. The molecular formula is C11H8BrF2NO. The average molecular weight is 288 g/mol. The predicted octanol–water partition coefficient (Wildman–Crippen LogP) is 3.65. The van der Waals surface area contributed by atoms with Gasteiger partial charge in [-0.3, -0.25) is 4.79 Å². The number of carbonyl (C=O) groups is 1. The summed E-state index contributed by atoms with van der Waals surface area (Å²) in [6, 6.07) is 6.87. The third kappa shape index (κ3) is 1.75. The topological polar surface area (TPSA) is 32.9 Å². The molecule has 0 aliphatic rings. The van der Waals surface area contributed by atoms with E-state index >= 15 is 0 Å². The SMILES string of the molecule is Cc1[nH]c2ccccc2c1C(=O)C(F)(F)Br. The first-order valence-corrected chi connectivity index (χ1v) is 5.39. The molecule has 16 heavy (non-hydrogen) atoms. The maximum atomic E-state index is 12.9. The van der Waals surface area contributed by atoms with E-state index in [9.17, 15) is 13.6 Å². The minimum absolute atomic E-state index is 0.0393. The van der Waals surface area contributed by atoms with Crippen molar-refractivity contribution in [1.82, 2.24) is 4.98 Å². The molecule has 0 amide bonds. The second-order valence-electron chi connectivity index (χ2n) is 3.50. The zero-order valence-corrected chi connectivity index (χ0v) is 9.94. The fraction of sp³-hybridized carbons (Fsp3) is 0.182. The fourth-order valence-corrected chi connectivity index (χ4v) is 1.91. The zero-order chi connectivity index (χ0) is 11.9. The van der Waals surface area contributed by atoms with E-state index in [0.717, 1.165) is 0 Å². The molecule has 0 saturated heterocycles. The minimum Gasteiger partial charge on any atom is -0.358 e. The number of rotatable bonds is 2. The van der Waals surface area contributed by atoms with Gasteiger partial charge in [0.25, 0.3) is 0 Å². The number of hydrogen-bond acceptors (Lipinski definition) is 1. The number of halogens is 3. The van der Waals surface area contributed by atoms with Crippen LogP contribution >= 0.6 is 15.9 Å². The smallest absolute Gasteiger partial charge is 0.358 e. The minimum atomic E-state index is -3.53. The van der Waals surface area contributed by atoms with E-state index in [0.29, 0.717) is 16.6 Å². The molecule has 0 unspecified atom stereocenters. The van der Waals surface area contributed by atoms with Crippen LogP contribution in [0.1, 0.15) is 16.1 Å². The van der Waals surface area contributed by atoms with Crippen molar-refractivity contribution in [3.63, 3.8) is 0 Å². The normalized spacial score (nSPS) is 12.0. The number of nitrogens with one attached hydrogen (secondary N) is 1. The Bertz CT molecular complexity index is 557. The summed E-state index contributed by atoms with van der Waals surface area (Å²) in [7, 11) is 0. The number of Topliss-reactive ketones (excluding diaryl/α,β-unsaturated/α-hetero) is 1. The highest BCUT2D eigenvalue weighted by atomic mass is 79.9. The van der Waals surface area contributed by atoms with Crippen molar-refractivity contribution in [3.8, 4) is 0 Å². The van der Waals surface area contributed by atoms with Crippen LogP contribution in [-0.4, -0.2) is 15.6 Å². The highest BCUT2D eigenvalue weighted by molar-refractivity contribution is 9.10. The number of carbonyl (C=O) groups excluding carboxylic acids is 1. The molecular weight excluding hydrogens is 280 g/mol. The lowest BCUT2D eigenvalue weighted by Gasteiger charge is -2.06. The van der Waals surface area contributed by atoms with Gasteiger partial charge in [0.1, 0.15) is 0 Å². The Morgan fingerprint density at radius 3 is 2.62 bits per heavy atom. The van der Waals surface area contributed by atoms with Crippen LogP contribution in [0.15, 0.2) is 24.3 Å². The van der Waals surface area contributed by atoms with E-state index in [1.54, 1.807) is 31.2 Å². The molecule has 1 aromatic carbocycles. The predicted molar refractivity (Wildman–Crippen MR) is 61.2 cm³/mol. The first kappa shape index (κ1) is 11.3. The number of aromatic amines is 1. The largest absolute Gasteiger partial charge is 0.363 e. The lowest BCUT2D eigenvalue weighted by atomic mass is 10.1. The summed E-state index contributed by atoms with van der Waals surface area (Å²) >= 11 is 2.09. The molecule has 0 bridgehead atoms. The van der Waals surface area contributed by atoms with Crippen LogP contribution in [0, 0.1) is 6.92 Å². The summed E-state index contributed by atoms with van der Waals surface area (Å²) in [6.07, 6.45) is 0. The van der Waals surface area contributed by atoms with Crippen LogP contribution in [0.25, 0.3) is 10.9 Å². The number of benzene rings is 1. The monoisotopic (exact) mass is 287 g/mol. The summed E-state index contributed by atoms with van der Waals surface area (Å²) in [5.41, 5.74) is 1.17. The number of alkyl halides is 3. The van der Waals surface area contributed by atoms with Crippen LogP contribution in [0.4, 0.5) is 8.78 Å². The third-order valence-electron chi connectivity index (χ3n) is 2.38. The van der Waals surface area contributed by atoms with Crippen molar-refractivity contribution in [2.24, 2.45) is 0 Å². The molecule has 1 aromatic heterocycles. The Balaban J connectivity index is 2.69. The van der Waals surface area contributed by atoms with Gasteiger partial charge >= 0.3 is 4.83 Å². The summed E-state index contributed by atoms with van der Waals surface area (Å²) in [6.45, 7) is 1.60. The Morgan fingerprint density at radius 2 is 2.00 bits per heavy atom. The molecule has 0 saturated carbocycles. The van der Waals surface area contributed by atoms with Crippen LogP contribution in [-0.2, 0) is 0 Å². The zero-order valence-electron chi connectivity index (χ0n) is 8.35. The molecule has 0 spiro atoms. The lowest BCUT2D eigenvalue weighted by molar-refractivity contribution is 0.0594. The van der Waals surface area contributed by atoms with Gasteiger partial charge in [0.2, 0.25) is 5.78 Å². The van der Waals surface area contributed by atoms with Crippen LogP contribution in [0.2, 0.25) is 0 Å². The number of para-hydroxylation sites is 1. The second kappa shape index (κ2) is 3.66. The number of H-pyrrole nitrogens is 1. The van der Waals surface area contributed by atoms with Crippen molar-refractivity contribution in [3.05, 3.63) is 35.5 Å². The Hall–Kier alpha value is -1.23. The van der Waals surface area contributed by atoms with Crippen molar-refractivity contribution in [2.75, 3.05) is 0 Å². The van der Waals surface area contributed by atoms with Crippen LogP contribution < -0.4 is 0 Å². The highest BCUT2D eigenvalue weighted by Gasteiger charge is 2.38. The summed E-state index contributed by atoms with van der Waals surface area (Å²) < 4.78 is 25.9. The molecule has 2 nitrogen and oxygen atoms in total. The van der Waals surface area contributed by atoms with Gasteiger partial charge in [0.05, 0.1) is 5.56 Å². The third-order valence-corrected chi connectivity index (χ3v) is 2.74. The number of ketones is 1. The summed E-state index contributed by atoms with van der Waals surface area (Å²) in [5, 5.41) is 0.518. The summed E-state index contributed by atoms with van der Waals surface area (Å²) in [4.78, 5) is 10.9. The van der Waals surface area contributed by atoms with Crippen molar-refractivity contribution in [2.45, 2.75) is 11.8 Å². The van der Waals surface area contributed by atoms with Gasteiger partial charge < -0.3 is 4.98 Å². The molecule has 2 rings (SSSR count). The first-order valence-electron chi connectivity index (χ1n) is 4.60.